The van der Waals surface area contributed by atoms with E-state index in [1.807, 2.05) is 24.3 Å². The fourth-order valence-corrected chi connectivity index (χ4v) is 2.42. The third-order valence-electron chi connectivity index (χ3n) is 3.45. The molecule has 2 aromatic carbocycles. The molecule has 0 bridgehead atoms. The van der Waals surface area contributed by atoms with Crippen LogP contribution >= 0.6 is 11.6 Å². The van der Waals surface area contributed by atoms with E-state index in [1.54, 1.807) is 7.11 Å². The second-order valence-electron chi connectivity index (χ2n) is 5.47. The van der Waals surface area contributed by atoms with Crippen LogP contribution in [-0.4, -0.2) is 35.8 Å². The normalized spacial score (nSPS) is 9.81. The zero-order chi connectivity index (χ0) is 19.5. The Kier molecular flexibility index (Phi) is 9.19. The highest BCUT2D eigenvalue weighted by Gasteiger charge is 2.04. The summed E-state index contributed by atoms with van der Waals surface area (Å²) in [6, 6.07) is 14.3. The predicted octanol–water partition coefficient (Wildman–Crippen LogP) is 3.14. The summed E-state index contributed by atoms with van der Waals surface area (Å²) in [5.41, 5.74) is 3.70. The molecule has 0 radical (unpaired) electrons. The number of ether oxygens (including phenoxy) is 1. The summed E-state index contributed by atoms with van der Waals surface area (Å²) in [5.74, 6) is -2.71. The summed E-state index contributed by atoms with van der Waals surface area (Å²) >= 11 is 5.97. The third kappa shape index (κ3) is 8.00. The van der Waals surface area contributed by atoms with Crippen LogP contribution in [0.5, 0.6) is 5.75 Å². The second-order valence-corrected chi connectivity index (χ2v) is 5.91. The van der Waals surface area contributed by atoms with E-state index in [4.69, 9.17) is 36.1 Å². The Morgan fingerprint density at radius 2 is 1.77 bits per heavy atom. The maximum absolute atomic E-state index is 9.10. The fraction of sp³-hybridized carbons (Fsp3) is 0.263. The summed E-state index contributed by atoms with van der Waals surface area (Å²) in [7, 11) is 1.70. The molecule has 26 heavy (non-hydrogen) atoms. The van der Waals surface area contributed by atoms with Gasteiger partial charge in [0, 0.05) is 11.6 Å². The number of carbonyl (C=O) groups is 2. The number of hydrogen-bond donors (Lipinski definition) is 3. The lowest BCUT2D eigenvalue weighted by Gasteiger charge is -2.09. The summed E-state index contributed by atoms with van der Waals surface area (Å²) in [6.45, 7) is 3.87. The van der Waals surface area contributed by atoms with Gasteiger partial charge in [-0.2, -0.15) is 0 Å². The van der Waals surface area contributed by atoms with E-state index in [9.17, 15) is 0 Å². The Morgan fingerprint density at radius 3 is 2.31 bits per heavy atom. The maximum atomic E-state index is 9.10. The number of aryl methyl sites for hydroxylation is 1. The van der Waals surface area contributed by atoms with Crippen LogP contribution < -0.4 is 10.1 Å². The maximum Gasteiger partial charge on any atom is 0.414 e. The van der Waals surface area contributed by atoms with Crippen molar-refractivity contribution in [2.45, 2.75) is 19.9 Å². The summed E-state index contributed by atoms with van der Waals surface area (Å²) in [6.07, 6.45) is 0.982. The molecule has 0 atom stereocenters. The van der Waals surface area contributed by atoms with E-state index in [1.165, 1.54) is 16.7 Å². The summed E-state index contributed by atoms with van der Waals surface area (Å²) in [5, 5.41) is 19.0. The molecule has 0 aliphatic carbocycles. The quantitative estimate of drug-likeness (QED) is 0.527. The van der Waals surface area contributed by atoms with E-state index in [-0.39, 0.29) is 0 Å². The van der Waals surface area contributed by atoms with Gasteiger partial charge in [-0.05, 0) is 54.8 Å². The van der Waals surface area contributed by atoms with Crippen molar-refractivity contribution in [3.63, 3.8) is 0 Å². The number of rotatable bonds is 6. The van der Waals surface area contributed by atoms with Gasteiger partial charge in [-0.1, -0.05) is 35.9 Å². The number of carboxylic acids is 2. The number of aliphatic carboxylic acids is 2. The molecule has 3 N–H and O–H groups in total. The van der Waals surface area contributed by atoms with E-state index in [2.05, 4.69) is 30.4 Å². The number of methoxy groups -OCH3 is 1. The van der Waals surface area contributed by atoms with Crippen LogP contribution in [0.15, 0.2) is 42.5 Å². The van der Waals surface area contributed by atoms with Gasteiger partial charge in [-0.25, -0.2) is 9.59 Å². The van der Waals surface area contributed by atoms with Crippen molar-refractivity contribution in [2.75, 3.05) is 13.7 Å². The molecular weight excluding hydrogens is 358 g/mol. The van der Waals surface area contributed by atoms with Crippen LogP contribution in [0.1, 0.15) is 16.7 Å². The van der Waals surface area contributed by atoms with Crippen molar-refractivity contribution in [1.29, 1.82) is 0 Å². The average molecular weight is 380 g/mol. The first kappa shape index (κ1) is 21.5. The number of carboxylic acid groups (broad SMARTS) is 2. The Hall–Kier alpha value is -2.57. The first-order valence-corrected chi connectivity index (χ1v) is 8.26. The number of hydrogen-bond acceptors (Lipinski definition) is 4. The van der Waals surface area contributed by atoms with Crippen molar-refractivity contribution in [3.8, 4) is 5.75 Å². The van der Waals surface area contributed by atoms with Gasteiger partial charge >= 0.3 is 11.9 Å². The van der Waals surface area contributed by atoms with Crippen LogP contribution in [0.25, 0.3) is 0 Å². The smallest absolute Gasteiger partial charge is 0.414 e. The third-order valence-corrected chi connectivity index (χ3v) is 3.69. The Balaban J connectivity index is 0.000000487. The van der Waals surface area contributed by atoms with Crippen LogP contribution in [0.4, 0.5) is 0 Å². The van der Waals surface area contributed by atoms with Crippen molar-refractivity contribution in [2.24, 2.45) is 0 Å². The highest BCUT2D eigenvalue weighted by Crippen LogP contribution is 2.18. The van der Waals surface area contributed by atoms with Gasteiger partial charge in [-0.3, -0.25) is 0 Å². The SMILES string of the molecule is COc1ccc(CNCCc2cccc(Cl)c2)cc1C.O=C(O)C(=O)O. The van der Waals surface area contributed by atoms with Crippen molar-refractivity contribution < 1.29 is 24.5 Å². The molecule has 140 valence electrons. The fourth-order valence-electron chi connectivity index (χ4n) is 2.21. The molecule has 7 heteroatoms. The highest BCUT2D eigenvalue weighted by molar-refractivity contribution is 6.30. The molecule has 6 nitrogen and oxygen atoms in total. The molecule has 0 spiro atoms. The monoisotopic (exact) mass is 379 g/mol. The molecule has 0 saturated heterocycles. The van der Waals surface area contributed by atoms with Crippen LogP contribution in [0.2, 0.25) is 5.02 Å². The minimum atomic E-state index is -1.82. The minimum Gasteiger partial charge on any atom is -0.496 e. The summed E-state index contributed by atoms with van der Waals surface area (Å²) in [4.78, 5) is 18.2. The average Bonchev–Trinajstić information content (AvgIpc) is 2.59. The van der Waals surface area contributed by atoms with Gasteiger partial charge in [-0.15, -0.1) is 0 Å². The first-order valence-electron chi connectivity index (χ1n) is 7.88. The van der Waals surface area contributed by atoms with E-state index in [0.29, 0.717) is 0 Å². The molecule has 0 saturated carbocycles. The minimum absolute atomic E-state index is 0.799. The van der Waals surface area contributed by atoms with Gasteiger partial charge in [0.05, 0.1) is 7.11 Å². The molecule has 0 aliphatic rings. The van der Waals surface area contributed by atoms with Crippen molar-refractivity contribution in [1.82, 2.24) is 5.32 Å². The van der Waals surface area contributed by atoms with Gasteiger partial charge < -0.3 is 20.3 Å². The van der Waals surface area contributed by atoms with Gasteiger partial charge in [0.25, 0.3) is 0 Å². The van der Waals surface area contributed by atoms with Gasteiger partial charge in [0.2, 0.25) is 0 Å². The Morgan fingerprint density at radius 1 is 1.08 bits per heavy atom. The summed E-state index contributed by atoms with van der Waals surface area (Å²) < 4.78 is 5.26. The molecule has 0 fully saturated rings. The lowest BCUT2D eigenvalue weighted by Crippen LogP contribution is -2.16. The molecule has 0 unspecified atom stereocenters. The van der Waals surface area contributed by atoms with Crippen molar-refractivity contribution in [3.05, 3.63) is 64.2 Å². The molecular formula is C19H22ClNO5. The largest absolute Gasteiger partial charge is 0.496 e. The number of benzene rings is 2. The van der Waals surface area contributed by atoms with E-state index < -0.39 is 11.9 Å². The molecule has 0 aliphatic heterocycles. The Labute approximate surface area is 157 Å². The van der Waals surface area contributed by atoms with E-state index >= 15 is 0 Å². The zero-order valence-electron chi connectivity index (χ0n) is 14.7. The second kappa shape index (κ2) is 11.1. The highest BCUT2D eigenvalue weighted by atomic mass is 35.5. The van der Waals surface area contributed by atoms with Gasteiger partial charge in [0.1, 0.15) is 5.75 Å². The van der Waals surface area contributed by atoms with Gasteiger partial charge in [0.15, 0.2) is 0 Å². The van der Waals surface area contributed by atoms with Crippen LogP contribution in [0, 0.1) is 6.92 Å². The molecule has 2 aromatic rings. The predicted molar refractivity (Wildman–Crippen MR) is 99.9 cm³/mol. The molecule has 0 aromatic heterocycles. The first-order chi connectivity index (χ1) is 12.3. The van der Waals surface area contributed by atoms with Crippen LogP contribution in [0.3, 0.4) is 0 Å². The molecule has 0 heterocycles. The number of halogens is 1. The molecule has 2 rings (SSSR count). The standard InChI is InChI=1S/C17H20ClNO.C2H2O4/c1-13-10-15(6-7-17(13)20-2)12-19-9-8-14-4-3-5-16(18)11-14;3-1(4)2(5)6/h3-7,10-11,19H,8-9,12H2,1-2H3;(H,3,4)(H,5,6). The number of nitrogens with one attached hydrogen (secondary N) is 1. The topological polar surface area (TPSA) is 95.9 Å². The molecule has 0 amide bonds. The van der Waals surface area contributed by atoms with Crippen LogP contribution in [-0.2, 0) is 22.6 Å². The van der Waals surface area contributed by atoms with Crippen molar-refractivity contribution >= 4 is 23.5 Å². The lowest BCUT2D eigenvalue weighted by molar-refractivity contribution is -0.159. The Bertz CT molecular complexity index is 736. The lowest BCUT2D eigenvalue weighted by atomic mass is 10.1. The zero-order valence-corrected chi connectivity index (χ0v) is 15.4. The van der Waals surface area contributed by atoms with E-state index in [0.717, 1.165) is 30.3 Å².